The molecule has 128 valence electrons. The minimum Gasteiger partial charge on any atom is -0.490 e. The predicted octanol–water partition coefficient (Wildman–Crippen LogP) is 2.10. The van der Waals surface area contributed by atoms with Gasteiger partial charge in [-0.2, -0.15) is 5.10 Å². The van der Waals surface area contributed by atoms with Crippen LogP contribution >= 0.6 is 0 Å². The quantitative estimate of drug-likeness (QED) is 0.877. The highest BCUT2D eigenvalue weighted by molar-refractivity contribution is 5.76. The van der Waals surface area contributed by atoms with Crippen LogP contribution in [0.2, 0.25) is 0 Å². The molecule has 0 spiro atoms. The zero-order valence-electron chi connectivity index (χ0n) is 13.8. The van der Waals surface area contributed by atoms with E-state index in [1.807, 2.05) is 25.1 Å². The van der Waals surface area contributed by atoms with Crippen LogP contribution in [0.25, 0.3) is 0 Å². The number of fused-ring (bicyclic) bond motifs is 1. The Kier molecular flexibility index (Phi) is 5.30. The van der Waals surface area contributed by atoms with E-state index >= 15 is 0 Å². The Balaban J connectivity index is 1.51. The van der Waals surface area contributed by atoms with Crippen molar-refractivity contribution in [2.24, 2.45) is 0 Å². The number of aromatic nitrogens is 3. The van der Waals surface area contributed by atoms with E-state index in [9.17, 15) is 4.79 Å². The summed E-state index contributed by atoms with van der Waals surface area (Å²) < 4.78 is 13.0. The number of aryl methyl sites for hydroxylation is 1. The molecule has 0 aliphatic carbocycles. The molecule has 0 unspecified atom stereocenters. The van der Waals surface area contributed by atoms with Gasteiger partial charge in [0.15, 0.2) is 11.5 Å². The van der Waals surface area contributed by atoms with E-state index in [2.05, 4.69) is 15.4 Å². The monoisotopic (exact) mass is 330 g/mol. The van der Waals surface area contributed by atoms with Gasteiger partial charge in [-0.05, 0) is 31.0 Å². The lowest BCUT2D eigenvalue weighted by atomic mass is 10.1. The highest BCUT2D eigenvalue weighted by Gasteiger charge is 2.15. The molecular weight excluding hydrogens is 308 g/mol. The van der Waals surface area contributed by atoms with Crippen LogP contribution in [0.3, 0.4) is 0 Å². The number of ether oxygens (including phenoxy) is 2. The van der Waals surface area contributed by atoms with Crippen LogP contribution in [0, 0.1) is 0 Å². The van der Waals surface area contributed by atoms with Crippen molar-refractivity contribution in [3.05, 3.63) is 36.4 Å². The van der Waals surface area contributed by atoms with Crippen molar-refractivity contribution < 1.29 is 14.3 Å². The molecule has 7 heteroatoms. The van der Waals surface area contributed by atoms with Crippen molar-refractivity contribution in [1.82, 2.24) is 20.1 Å². The Morgan fingerprint density at radius 2 is 2.17 bits per heavy atom. The predicted molar refractivity (Wildman–Crippen MR) is 87.9 cm³/mol. The van der Waals surface area contributed by atoms with E-state index < -0.39 is 0 Å². The lowest BCUT2D eigenvalue weighted by molar-refractivity contribution is -0.121. The smallest absolute Gasteiger partial charge is 0.220 e. The average Bonchev–Trinajstić information content (AvgIpc) is 2.98. The summed E-state index contributed by atoms with van der Waals surface area (Å²) >= 11 is 0. The first-order valence-corrected chi connectivity index (χ1v) is 8.24. The average molecular weight is 330 g/mol. The van der Waals surface area contributed by atoms with Crippen LogP contribution in [0.4, 0.5) is 0 Å². The molecule has 1 aliphatic rings. The van der Waals surface area contributed by atoms with Crippen LogP contribution in [0.5, 0.6) is 11.5 Å². The zero-order chi connectivity index (χ0) is 16.8. The molecule has 0 fully saturated rings. The minimum atomic E-state index is -0.0824. The van der Waals surface area contributed by atoms with Crippen LogP contribution < -0.4 is 14.8 Å². The zero-order valence-corrected chi connectivity index (χ0v) is 13.8. The van der Waals surface area contributed by atoms with Gasteiger partial charge in [0.05, 0.1) is 19.3 Å². The number of amides is 1. The van der Waals surface area contributed by atoms with Crippen LogP contribution in [-0.2, 0) is 11.3 Å². The summed E-state index contributed by atoms with van der Waals surface area (Å²) in [6, 6.07) is 5.74. The van der Waals surface area contributed by atoms with Gasteiger partial charge in [-0.25, -0.2) is 4.98 Å². The summed E-state index contributed by atoms with van der Waals surface area (Å²) in [5, 5.41) is 7.04. The van der Waals surface area contributed by atoms with Gasteiger partial charge in [-0.3, -0.25) is 9.48 Å². The fourth-order valence-corrected chi connectivity index (χ4v) is 2.60. The van der Waals surface area contributed by atoms with E-state index in [-0.39, 0.29) is 11.9 Å². The number of carbonyl (C=O) groups excluding carboxylic acids is 1. The topological polar surface area (TPSA) is 78.3 Å². The summed E-state index contributed by atoms with van der Waals surface area (Å²) in [5.41, 5.74) is 1.00. The second-order valence-electron chi connectivity index (χ2n) is 5.81. The molecular formula is C17H22N4O3. The third-order valence-corrected chi connectivity index (χ3v) is 3.91. The second kappa shape index (κ2) is 7.81. The summed E-state index contributed by atoms with van der Waals surface area (Å²) in [5.74, 6) is 1.54. The molecule has 1 N–H and O–H groups in total. The standard InChI is InChI=1S/C17H22N4O3/c1-13(20-17(22)4-2-7-21-12-18-11-19-21)14-5-6-15-16(10-14)24-9-3-8-23-15/h5-6,10-13H,2-4,7-9H2,1H3,(H,20,22)/t13-/m1/s1. The Morgan fingerprint density at radius 1 is 1.33 bits per heavy atom. The first-order valence-electron chi connectivity index (χ1n) is 8.24. The van der Waals surface area contributed by atoms with E-state index in [4.69, 9.17) is 9.47 Å². The summed E-state index contributed by atoms with van der Waals surface area (Å²) in [4.78, 5) is 16.0. The fourth-order valence-electron chi connectivity index (χ4n) is 2.60. The molecule has 1 aromatic carbocycles. The molecule has 0 radical (unpaired) electrons. The van der Waals surface area contributed by atoms with Crippen molar-refractivity contribution in [2.45, 2.75) is 38.8 Å². The third kappa shape index (κ3) is 4.24. The van der Waals surface area contributed by atoms with Crippen molar-refractivity contribution in [3.8, 4) is 11.5 Å². The molecule has 1 aromatic heterocycles. The van der Waals surface area contributed by atoms with E-state index in [0.29, 0.717) is 26.2 Å². The normalized spacial score (nSPS) is 14.7. The largest absolute Gasteiger partial charge is 0.490 e. The maximum Gasteiger partial charge on any atom is 0.220 e. The Morgan fingerprint density at radius 3 is 2.96 bits per heavy atom. The highest BCUT2D eigenvalue weighted by atomic mass is 16.5. The number of benzene rings is 1. The van der Waals surface area contributed by atoms with Gasteiger partial charge in [0, 0.05) is 19.4 Å². The first-order chi connectivity index (χ1) is 11.7. The fraction of sp³-hybridized carbons (Fsp3) is 0.471. The molecule has 2 heterocycles. The Labute approximate surface area is 141 Å². The SMILES string of the molecule is C[C@@H](NC(=O)CCCn1cncn1)c1ccc2c(c1)OCCCO2. The van der Waals surface area contributed by atoms with Gasteiger partial charge in [0.25, 0.3) is 0 Å². The van der Waals surface area contributed by atoms with Crippen LogP contribution in [0.15, 0.2) is 30.9 Å². The molecule has 1 amide bonds. The van der Waals surface area contributed by atoms with Crippen LogP contribution in [0.1, 0.15) is 37.8 Å². The maximum atomic E-state index is 12.1. The molecule has 0 saturated heterocycles. The molecule has 24 heavy (non-hydrogen) atoms. The number of nitrogens with zero attached hydrogens (tertiary/aromatic N) is 3. The van der Waals surface area contributed by atoms with Crippen molar-refractivity contribution >= 4 is 5.91 Å². The Bertz CT molecular complexity index is 672. The summed E-state index contributed by atoms with van der Waals surface area (Å²) in [6.45, 7) is 3.98. The van der Waals surface area contributed by atoms with Gasteiger partial charge in [-0.15, -0.1) is 0 Å². The van der Waals surface area contributed by atoms with Crippen LogP contribution in [-0.4, -0.2) is 33.9 Å². The summed E-state index contributed by atoms with van der Waals surface area (Å²) in [6.07, 6.45) is 5.20. The number of hydrogen-bond acceptors (Lipinski definition) is 5. The van der Waals surface area contributed by atoms with Gasteiger partial charge >= 0.3 is 0 Å². The maximum absolute atomic E-state index is 12.1. The number of hydrogen-bond donors (Lipinski definition) is 1. The molecule has 1 aliphatic heterocycles. The second-order valence-corrected chi connectivity index (χ2v) is 5.81. The number of nitrogens with one attached hydrogen (secondary N) is 1. The first kappa shape index (κ1) is 16.3. The Hall–Kier alpha value is -2.57. The van der Waals surface area contributed by atoms with Crippen molar-refractivity contribution in [2.75, 3.05) is 13.2 Å². The molecule has 0 bridgehead atoms. The van der Waals surface area contributed by atoms with Gasteiger partial charge in [0.1, 0.15) is 12.7 Å². The number of rotatable bonds is 6. The van der Waals surface area contributed by atoms with Crippen molar-refractivity contribution in [3.63, 3.8) is 0 Å². The lowest BCUT2D eigenvalue weighted by Crippen LogP contribution is -2.26. The molecule has 7 nitrogen and oxygen atoms in total. The molecule has 0 saturated carbocycles. The molecule has 3 rings (SSSR count). The minimum absolute atomic E-state index is 0.0229. The molecule has 1 atom stereocenters. The van der Waals surface area contributed by atoms with Gasteiger partial charge in [0.2, 0.25) is 5.91 Å². The van der Waals surface area contributed by atoms with Gasteiger partial charge in [-0.1, -0.05) is 6.07 Å². The highest BCUT2D eigenvalue weighted by Crippen LogP contribution is 2.32. The van der Waals surface area contributed by atoms with Gasteiger partial charge < -0.3 is 14.8 Å². The molecule has 2 aromatic rings. The van der Waals surface area contributed by atoms with E-state index in [0.717, 1.165) is 29.9 Å². The van der Waals surface area contributed by atoms with Crippen molar-refractivity contribution in [1.29, 1.82) is 0 Å². The van der Waals surface area contributed by atoms with E-state index in [1.165, 1.54) is 6.33 Å². The summed E-state index contributed by atoms with van der Waals surface area (Å²) in [7, 11) is 0. The number of carbonyl (C=O) groups is 1. The van der Waals surface area contributed by atoms with E-state index in [1.54, 1.807) is 11.0 Å². The third-order valence-electron chi connectivity index (χ3n) is 3.91. The lowest BCUT2D eigenvalue weighted by Gasteiger charge is -2.16.